The van der Waals surface area contributed by atoms with Gasteiger partial charge in [0, 0.05) is 18.7 Å². The van der Waals surface area contributed by atoms with Gasteiger partial charge in [-0.25, -0.2) is 0 Å². The summed E-state index contributed by atoms with van der Waals surface area (Å²) in [6.45, 7) is 4.56. The Morgan fingerprint density at radius 1 is 1.20 bits per heavy atom. The molecule has 0 spiro atoms. The lowest BCUT2D eigenvalue weighted by atomic mass is 9.82. The molecule has 1 amide bonds. The number of benzene rings is 1. The average Bonchev–Trinajstić information content (AvgIpc) is 3.11. The Hall–Kier alpha value is -2.56. The summed E-state index contributed by atoms with van der Waals surface area (Å²) in [5.74, 6) is -0.210. The molecule has 1 saturated heterocycles. The van der Waals surface area contributed by atoms with E-state index in [1.165, 1.54) is 5.56 Å². The Kier molecular flexibility index (Phi) is 4.66. The van der Waals surface area contributed by atoms with Crippen molar-refractivity contribution in [3.05, 3.63) is 47.7 Å². The molecule has 5 nitrogen and oxygen atoms in total. The molecular formula is C20H23NO4. The van der Waals surface area contributed by atoms with Gasteiger partial charge in [0.05, 0.1) is 5.41 Å². The predicted molar refractivity (Wildman–Crippen MR) is 94.4 cm³/mol. The summed E-state index contributed by atoms with van der Waals surface area (Å²) in [7, 11) is 0. The van der Waals surface area contributed by atoms with E-state index in [9.17, 15) is 14.7 Å². The van der Waals surface area contributed by atoms with Crippen molar-refractivity contribution in [1.29, 1.82) is 0 Å². The van der Waals surface area contributed by atoms with E-state index in [2.05, 4.69) is 6.92 Å². The molecule has 1 aromatic heterocycles. The van der Waals surface area contributed by atoms with E-state index in [4.69, 9.17) is 4.42 Å². The van der Waals surface area contributed by atoms with Crippen LogP contribution in [-0.4, -0.2) is 35.0 Å². The molecule has 3 rings (SSSR count). The van der Waals surface area contributed by atoms with Crippen LogP contribution >= 0.6 is 0 Å². The van der Waals surface area contributed by atoms with Gasteiger partial charge in [0.2, 0.25) is 0 Å². The molecule has 0 bridgehead atoms. The SMILES string of the molecule is CCc1ccc(-c2ccc(C(=O)N3CCCC(C)(C(=O)O)C3)o2)cc1. The number of nitrogens with zero attached hydrogens (tertiary/aromatic N) is 1. The highest BCUT2D eigenvalue weighted by Gasteiger charge is 2.40. The van der Waals surface area contributed by atoms with Crippen LogP contribution in [-0.2, 0) is 11.2 Å². The fraction of sp³-hybridized carbons (Fsp3) is 0.400. The first-order valence-electron chi connectivity index (χ1n) is 8.65. The van der Waals surface area contributed by atoms with Crippen LogP contribution in [0, 0.1) is 5.41 Å². The van der Waals surface area contributed by atoms with Crippen molar-refractivity contribution in [2.75, 3.05) is 13.1 Å². The maximum absolute atomic E-state index is 12.7. The molecule has 1 aromatic carbocycles. The van der Waals surface area contributed by atoms with Gasteiger partial charge in [-0.3, -0.25) is 9.59 Å². The second-order valence-electron chi connectivity index (χ2n) is 6.91. The predicted octanol–water partition coefficient (Wildman–Crippen LogP) is 3.84. The lowest BCUT2D eigenvalue weighted by Gasteiger charge is -2.37. The number of aryl methyl sites for hydroxylation is 1. The van der Waals surface area contributed by atoms with Gasteiger partial charge >= 0.3 is 5.97 Å². The molecule has 1 fully saturated rings. The van der Waals surface area contributed by atoms with Crippen molar-refractivity contribution in [3.63, 3.8) is 0 Å². The van der Waals surface area contributed by atoms with Gasteiger partial charge in [-0.2, -0.15) is 0 Å². The topological polar surface area (TPSA) is 70.8 Å². The van der Waals surface area contributed by atoms with Gasteiger partial charge in [-0.05, 0) is 43.9 Å². The maximum Gasteiger partial charge on any atom is 0.311 e. The Balaban J connectivity index is 1.77. The first kappa shape index (κ1) is 17.3. The summed E-state index contributed by atoms with van der Waals surface area (Å²) in [6, 6.07) is 11.5. The number of amides is 1. The summed E-state index contributed by atoms with van der Waals surface area (Å²) < 4.78 is 5.75. The van der Waals surface area contributed by atoms with E-state index in [1.807, 2.05) is 24.3 Å². The van der Waals surface area contributed by atoms with E-state index in [-0.39, 0.29) is 18.2 Å². The molecule has 2 heterocycles. The highest BCUT2D eigenvalue weighted by molar-refractivity contribution is 5.92. The van der Waals surface area contributed by atoms with Gasteiger partial charge in [0.25, 0.3) is 5.91 Å². The molecule has 25 heavy (non-hydrogen) atoms. The zero-order valence-electron chi connectivity index (χ0n) is 14.6. The van der Waals surface area contributed by atoms with Crippen LogP contribution in [0.15, 0.2) is 40.8 Å². The minimum atomic E-state index is -0.890. The Morgan fingerprint density at radius 2 is 1.92 bits per heavy atom. The summed E-state index contributed by atoms with van der Waals surface area (Å²) in [6.07, 6.45) is 2.24. The van der Waals surface area contributed by atoms with Crippen molar-refractivity contribution in [2.24, 2.45) is 5.41 Å². The minimum Gasteiger partial charge on any atom is -0.481 e. The Morgan fingerprint density at radius 3 is 2.56 bits per heavy atom. The Labute approximate surface area is 147 Å². The number of aliphatic carboxylic acids is 1. The van der Waals surface area contributed by atoms with Crippen molar-refractivity contribution in [3.8, 4) is 11.3 Å². The summed E-state index contributed by atoms with van der Waals surface area (Å²) in [5, 5.41) is 9.40. The zero-order valence-corrected chi connectivity index (χ0v) is 14.6. The molecule has 0 aliphatic carbocycles. The molecular weight excluding hydrogens is 318 g/mol. The van der Waals surface area contributed by atoms with Crippen LogP contribution in [0.1, 0.15) is 42.8 Å². The second kappa shape index (κ2) is 6.75. The summed E-state index contributed by atoms with van der Waals surface area (Å²) >= 11 is 0. The van der Waals surface area contributed by atoms with Crippen LogP contribution in [0.2, 0.25) is 0 Å². The smallest absolute Gasteiger partial charge is 0.311 e. The highest BCUT2D eigenvalue weighted by Crippen LogP contribution is 2.31. The average molecular weight is 341 g/mol. The minimum absolute atomic E-state index is 0.211. The third-order valence-electron chi connectivity index (χ3n) is 4.96. The number of hydrogen-bond donors (Lipinski definition) is 1. The molecule has 5 heteroatoms. The van der Waals surface area contributed by atoms with Crippen molar-refractivity contribution in [1.82, 2.24) is 4.90 Å². The molecule has 0 saturated carbocycles. The van der Waals surface area contributed by atoms with E-state index in [0.29, 0.717) is 25.1 Å². The molecule has 1 unspecified atom stereocenters. The van der Waals surface area contributed by atoms with E-state index >= 15 is 0 Å². The van der Waals surface area contributed by atoms with Gasteiger partial charge in [-0.1, -0.05) is 31.2 Å². The van der Waals surface area contributed by atoms with Crippen LogP contribution in [0.25, 0.3) is 11.3 Å². The van der Waals surface area contributed by atoms with Gasteiger partial charge in [-0.15, -0.1) is 0 Å². The zero-order chi connectivity index (χ0) is 18.0. The number of carbonyl (C=O) groups is 2. The third kappa shape index (κ3) is 3.45. The first-order chi connectivity index (χ1) is 11.9. The van der Waals surface area contributed by atoms with E-state index in [0.717, 1.165) is 12.0 Å². The molecule has 1 atom stereocenters. The van der Waals surface area contributed by atoms with Crippen molar-refractivity contribution < 1.29 is 19.1 Å². The number of carboxylic acid groups (broad SMARTS) is 1. The summed E-state index contributed by atoms with van der Waals surface area (Å²) in [5.41, 5.74) is 1.28. The third-order valence-corrected chi connectivity index (χ3v) is 4.96. The number of likely N-dealkylation sites (tertiary alicyclic amines) is 1. The fourth-order valence-electron chi connectivity index (χ4n) is 3.26. The van der Waals surface area contributed by atoms with Gasteiger partial charge < -0.3 is 14.4 Å². The van der Waals surface area contributed by atoms with Crippen LogP contribution in [0.4, 0.5) is 0 Å². The first-order valence-corrected chi connectivity index (χ1v) is 8.65. The molecule has 1 aliphatic rings. The van der Waals surface area contributed by atoms with Crippen LogP contribution in [0.3, 0.4) is 0 Å². The summed E-state index contributed by atoms with van der Waals surface area (Å²) in [4.78, 5) is 25.7. The number of furan rings is 1. The standard InChI is InChI=1S/C20H23NO4/c1-3-14-5-7-15(8-6-14)16-9-10-17(25-16)18(22)21-12-4-11-20(2,13-21)19(23)24/h5-10H,3-4,11-13H2,1-2H3,(H,23,24). The van der Waals surface area contributed by atoms with Gasteiger partial charge in [0.1, 0.15) is 5.76 Å². The molecule has 0 radical (unpaired) electrons. The number of carboxylic acids is 1. The molecule has 1 aliphatic heterocycles. The van der Waals surface area contributed by atoms with Crippen molar-refractivity contribution >= 4 is 11.9 Å². The Bertz CT molecular complexity index is 777. The van der Waals surface area contributed by atoms with Crippen LogP contribution < -0.4 is 0 Å². The normalized spacial score (nSPS) is 20.5. The number of piperidine rings is 1. The largest absolute Gasteiger partial charge is 0.481 e. The van der Waals surface area contributed by atoms with E-state index in [1.54, 1.807) is 24.0 Å². The maximum atomic E-state index is 12.7. The molecule has 132 valence electrons. The van der Waals surface area contributed by atoms with Crippen LogP contribution in [0.5, 0.6) is 0 Å². The number of carbonyl (C=O) groups excluding carboxylic acids is 1. The lowest BCUT2D eigenvalue weighted by molar-refractivity contribution is -0.150. The highest BCUT2D eigenvalue weighted by atomic mass is 16.4. The van der Waals surface area contributed by atoms with Crippen molar-refractivity contribution in [2.45, 2.75) is 33.1 Å². The number of rotatable bonds is 4. The van der Waals surface area contributed by atoms with E-state index < -0.39 is 11.4 Å². The molecule has 1 N–H and O–H groups in total. The lowest BCUT2D eigenvalue weighted by Crippen LogP contribution is -2.48. The second-order valence-corrected chi connectivity index (χ2v) is 6.91. The quantitative estimate of drug-likeness (QED) is 0.917. The fourth-order valence-corrected chi connectivity index (χ4v) is 3.26. The molecule has 2 aromatic rings. The monoisotopic (exact) mass is 341 g/mol. The number of hydrogen-bond acceptors (Lipinski definition) is 3. The van der Waals surface area contributed by atoms with Gasteiger partial charge in [0.15, 0.2) is 5.76 Å².